The van der Waals surface area contributed by atoms with Crippen molar-refractivity contribution in [2.24, 2.45) is 0 Å². The number of hydrogen-bond donors (Lipinski definition) is 3. The number of benzene rings is 1. The summed E-state index contributed by atoms with van der Waals surface area (Å²) in [6.07, 6.45) is 4.58. The number of nitrogens with zero attached hydrogens (tertiary/aromatic N) is 6. The normalized spacial score (nSPS) is 11.8. The van der Waals surface area contributed by atoms with Crippen molar-refractivity contribution in [3.05, 3.63) is 76.6 Å². The van der Waals surface area contributed by atoms with Gasteiger partial charge in [-0.05, 0) is 50.6 Å². The Kier molecular flexibility index (Phi) is 8.22. The number of fused-ring (bicyclic) bond motifs is 1. The van der Waals surface area contributed by atoms with Crippen LogP contribution in [-0.2, 0) is 0 Å². The molecule has 4 N–H and O–H groups in total. The summed E-state index contributed by atoms with van der Waals surface area (Å²) in [4.78, 5) is 41.5. The first-order valence-electron chi connectivity index (χ1n) is 13.5. The van der Waals surface area contributed by atoms with E-state index in [0.29, 0.717) is 45.4 Å². The lowest BCUT2D eigenvalue weighted by molar-refractivity contribution is 0.0950. The molecular weight excluding hydrogens is 570 g/mol. The molecule has 1 atom stereocenters. The molecule has 0 aliphatic heterocycles. The van der Waals surface area contributed by atoms with E-state index in [1.807, 2.05) is 32.9 Å². The quantitative estimate of drug-likeness (QED) is 0.237. The van der Waals surface area contributed by atoms with Gasteiger partial charge in [0.15, 0.2) is 5.65 Å². The van der Waals surface area contributed by atoms with Gasteiger partial charge in [0.05, 0.1) is 18.0 Å². The Balaban J connectivity index is 1.68. The number of nitrogens with one attached hydrogen (secondary N) is 2. The Labute approximate surface area is 252 Å². The summed E-state index contributed by atoms with van der Waals surface area (Å²) >= 11 is 6.82. The van der Waals surface area contributed by atoms with E-state index in [-0.39, 0.29) is 23.3 Å². The third-order valence-corrected chi connectivity index (χ3v) is 7.53. The SMILES string of the molecule is CCOc1c(C(C)n2nc(-c3ccc(C(=O)NC)nc3)c3c(N)ncnc32)cc(Cl)c(C)c1-c1ccc(C(=O)NC)nc1. The van der Waals surface area contributed by atoms with E-state index in [0.717, 1.165) is 22.3 Å². The number of hydrogen-bond acceptors (Lipinski definition) is 9. The molecule has 4 aromatic heterocycles. The maximum Gasteiger partial charge on any atom is 0.269 e. The van der Waals surface area contributed by atoms with Gasteiger partial charge in [0.2, 0.25) is 0 Å². The zero-order valence-corrected chi connectivity index (χ0v) is 25.0. The first kappa shape index (κ1) is 29.4. The predicted molar refractivity (Wildman–Crippen MR) is 164 cm³/mol. The number of carbonyl (C=O) groups excluding carboxylic acids is 2. The van der Waals surface area contributed by atoms with E-state index in [1.165, 1.54) is 6.33 Å². The van der Waals surface area contributed by atoms with E-state index in [1.54, 1.807) is 49.4 Å². The largest absolute Gasteiger partial charge is 0.493 e. The van der Waals surface area contributed by atoms with Crippen LogP contribution in [0.2, 0.25) is 5.02 Å². The highest BCUT2D eigenvalue weighted by Gasteiger charge is 2.27. The molecule has 0 fully saturated rings. The third kappa shape index (κ3) is 5.32. The number of nitrogen functional groups attached to an aromatic ring is 1. The van der Waals surface area contributed by atoms with Gasteiger partial charge in [0, 0.05) is 53.8 Å². The fraction of sp³-hybridized carbons (Fsp3) is 0.233. The van der Waals surface area contributed by atoms with Crippen LogP contribution in [0.4, 0.5) is 5.82 Å². The van der Waals surface area contributed by atoms with Crippen molar-refractivity contribution in [3.8, 4) is 28.1 Å². The third-order valence-electron chi connectivity index (χ3n) is 7.14. The molecule has 43 heavy (non-hydrogen) atoms. The number of pyridine rings is 2. The van der Waals surface area contributed by atoms with E-state index in [4.69, 9.17) is 27.2 Å². The first-order valence-corrected chi connectivity index (χ1v) is 13.9. The Bertz CT molecular complexity index is 1840. The Morgan fingerprint density at radius 2 is 1.63 bits per heavy atom. The van der Waals surface area contributed by atoms with Crippen LogP contribution in [0.1, 0.15) is 52.0 Å². The second kappa shape index (κ2) is 12.0. The van der Waals surface area contributed by atoms with Crippen LogP contribution in [0.3, 0.4) is 0 Å². The molecule has 0 radical (unpaired) electrons. The molecule has 0 aliphatic carbocycles. The fourth-order valence-electron chi connectivity index (χ4n) is 4.90. The second-order valence-corrected chi connectivity index (χ2v) is 10.1. The van der Waals surface area contributed by atoms with Gasteiger partial charge in [0.25, 0.3) is 11.8 Å². The molecule has 4 heterocycles. The van der Waals surface area contributed by atoms with Gasteiger partial charge in [-0.3, -0.25) is 19.6 Å². The fourth-order valence-corrected chi connectivity index (χ4v) is 5.11. The zero-order valence-electron chi connectivity index (χ0n) is 24.3. The lowest BCUT2D eigenvalue weighted by atomic mass is 9.94. The van der Waals surface area contributed by atoms with Gasteiger partial charge in [0.1, 0.15) is 35.0 Å². The number of rotatable bonds is 8. The summed E-state index contributed by atoms with van der Waals surface area (Å²) in [7, 11) is 3.10. The predicted octanol–water partition coefficient (Wildman–Crippen LogP) is 4.22. The summed E-state index contributed by atoms with van der Waals surface area (Å²) < 4.78 is 8.01. The number of anilines is 1. The van der Waals surface area contributed by atoms with Crippen LogP contribution < -0.4 is 21.1 Å². The molecule has 5 rings (SSSR count). The molecule has 13 heteroatoms. The van der Waals surface area contributed by atoms with E-state index in [9.17, 15) is 9.59 Å². The first-order chi connectivity index (χ1) is 20.7. The number of aromatic nitrogens is 6. The highest BCUT2D eigenvalue weighted by atomic mass is 35.5. The minimum Gasteiger partial charge on any atom is -0.493 e. The van der Waals surface area contributed by atoms with E-state index >= 15 is 0 Å². The molecule has 0 bridgehead atoms. The van der Waals surface area contributed by atoms with Crippen molar-refractivity contribution in [1.29, 1.82) is 0 Å². The molecule has 0 saturated heterocycles. The highest BCUT2D eigenvalue weighted by molar-refractivity contribution is 6.32. The van der Waals surface area contributed by atoms with Gasteiger partial charge < -0.3 is 21.1 Å². The lowest BCUT2D eigenvalue weighted by Gasteiger charge is -2.23. The molecule has 0 spiro atoms. The van der Waals surface area contributed by atoms with Crippen molar-refractivity contribution in [3.63, 3.8) is 0 Å². The summed E-state index contributed by atoms with van der Waals surface area (Å²) in [5.41, 5.74) is 11.6. The summed E-state index contributed by atoms with van der Waals surface area (Å²) in [6.45, 7) is 6.16. The molecule has 0 aliphatic rings. The molecule has 5 aromatic rings. The Morgan fingerprint density at radius 1 is 1.00 bits per heavy atom. The Morgan fingerprint density at radius 3 is 2.19 bits per heavy atom. The molecule has 12 nitrogen and oxygen atoms in total. The van der Waals surface area contributed by atoms with E-state index < -0.39 is 6.04 Å². The smallest absolute Gasteiger partial charge is 0.269 e. The van der Waals surface area contributed by atoms with Crippen molar-refractivity contribution in [2.45, 2.75) is 26.8 Å². The van der Waals surface area contributed by atoms with Crippen molar-refractivity contribution in [1.82, 2.24) is 40.3 Å². The molecule has 1 unspecified atom stereocenters. The standard InChI is InChI=1S/C30H30ClN9O3/c1-6-43-26-19(11-20(31)15(2)23(26)17-7-9-21(35-12-17)29(41)33-4)16(3)40-28-24(27(32)37-14-38-28)25(39-40)18-8-10-22(36-13-18)30(42)34-5/h7-14,16H,6H2,1-5H3,(H,33,41)(H,34,42)(H2,32,37,38). The van der Waals surface area contributed by atoms with Gasteiger partial charge >= 0.3 is 0 Å². The maximum atomic E-state index is 12.1. The van der Waals surface area contributed by atoms with Crippen molar-refractivity contribution < 1.29 is 14.3 Å². The van der Waals surface area contributed by atoms with Crippen LogP contribution in [0, 0.1) is 6.92 Å². The number of nitrogens with two attached hydrogens (primary N) is 1. The number of carbonyl (C=O) groups is 2. The maximum absolute atomic E-state index is 12.1. The van der Waals surface area contributed by atoms with Crippen LogP contribution in [0.25, 0.3) is 33.4 Å². The van der Waals surface area contributed by atoms with Gasteiger partial charge in [-0.15, -0.1) is 0 Å². The Hall–Kier alpha value is -5.10. The molecule has 220 valence electrons. The summed E-state index contributed by atoms with van der Waals surface area (Å²) in [6, 6.07) is 8.27. The number of ether oxygens (including phenoxy) is 1. The topological polar surface area (TPSA) is 163 Å². The molecular formula is C30H30ClN9O3. The van der Waals surface area contributed by atoms with Crippen molar-refractivity contribution >= 4 is 40.3 Å². The zero-order chi connectivity index (χ0) is 30.8. The minimum atomic E-state index is -0.430. The van der Waals surface area contributed by atoms with Gasteiger partial charge in [-0.1, -0.05) is 17.7 Å². The molecule has 0 saturated carbocycles. The lowest BCUT2D eigenvalue weighted by Crippen LogP contribution is -2.19. The van der Waals surface area contributed by atoms with Crippen LogP contribution in [0.15, 0.2) is 49.1 Å². The summed E-state index contributed by atoms with van der Waals surface area (Å²) in [5, 5.41) is 11.1. The van der Waals surface area contributed by atoms with Gasteiger partial charge in [-0.2, -0.15) is 5.10 Å². The summed E-state index contributed by atoms with van der Waals surface area (Å²) in [5.74, 6) is 0.279. The second-order valence-electron chi connectivity index (χ2n) is 9.66. The minimum absolute atomic E-state index is 0.253. The van der Waals surface area contributed by atoms with Crippen LogP contribution in [0.5, 0.6) is 5.75 Å². The number of amides is 2. The van der Waals surface area contributed by atoms with E-state index in [2.05, 4.69) is 30.6 Å². The highest BCUT2D eigenvalue weighted by Crippen LogP contribution is 2.44. The monoisotopic (exact) mass is 599 g/mol. The number of halogens is 1. The average molecular weight is 600 g/mol. The van der Waals surface area contributed by atoms with Gasteiger partial charge in [-0.25, -0.2) is 14.6 Å². The van der Waals surface area contributed by atoms with Crippen LogP contribution >= 0.6 is 11.6 Å². The van der Waals surface area contributed by atoms with Crippen molar-refractivity contribution in [2.75, 3.05) is 26.4 Å². The molecule has 2 amide bonds. The average Bonchev–Trinajstić information content (AvgIpc) is 3.43. The van der Waals surface area contributed by atoms with Crippen LogP contribution in [-0.4, -0.2) is 62.2 Å². The molecule has 1 aromatic carbocycles.